The van der Waals surface area contributed by atoms with Crippen LogP contribution in [0.4, 0.5) is 0 Å². The van der Waals surface area contributed by atoms with Crippen LogP contribution in [0.1, 0.15) is 48.5 Å². The fraction of sp³-hybridized carbons (Fsp3) is 0.500. The van der Waals surface area contributed by atoms with E-state index in [4.69, 9.17) is 4.74 Å². The van der Waals surface area contributed by atoms with Gasteiger partial charge in [0.15, 0.2) is 0 Å². The van der Waals surface area contributed by atoms with Gasteiger partial charge in [-0.15, -0.1) is 0 Å². The summed E-state index contributed by atoms with van der Waals surface area (Å²) in [6, 6.07) is 7.30. The van der Waals surface area contributed by atoms with E-state index in [1.165, 1.54) is 24.2 Å². The molecule has 1 N–H and O–H groups in total. The molecule has 25 heavy (non-hydrogen) atoms. The van der Waals surface area contributed by atoms with Gasteiger partial charge in [0.1, 0.15) is 6.54 Å². The summed E-state index contributed by atoms with van der Waals surface area (Å²) in [5.74, 6) is 0.235. The average Bonchev–Trinajstić information content (AvgIpc) is 2.85. The molecule has 0 bridgehead atoms. The van der Waals surface area contributed by atoms with Gasteiger partial charge in [-0.25, -0.2) is 0 Å². The lowest BCUT2D eigenvalue weighted by atomic mass is 9.88. The Morgan fingerprint density at radius 1 is 1.28 bits per heavy atom. The van der Waals surface area contributed by atoms with E-state index < -0.39 is 0 Å². The maximum Gasteiger partial charge on any atom is 0.259 e. The minimum absolute atomic E-state index is 0.00776. The number of nitrogens with zero attached hydrogens (tertiary/aromatic N) is 1. The number of hydrogen-bond donors (Lipinski definition) is 1. The zero-order valence-electron chi connectivity index (χ0n) is 14.8. The van der Waals surface area contributed by atoms with Gasteiger partial charge in [-0.05, 0) is 24.8 Å². The normalized spacial score (nSPS) is 22.8. The van der Waals surface area contributed by atoms with Gasteiger partial charge < -0.3 is 10.1 Å². The molecule has 0 aromatic heterocycles. The quantitative estimate of drug-likeness (QED) is 0.809. The summed E-state index contributed by atoms with van der Waals surface area (Å²) in [6.45, 7) is 7.14. The second-order valence-electron chi connectivity index (χ2n) is 6.90. The van der Waals surface area contributed by atoms with Crippen LogP contribution in [0.5, 0.6) is 0 Å². The van der Waals surface area contributed by atoms with Crippen molar-refractivity contribution in [3.63, 3.8) is 0 Å². The highest BCUT2D eigenvalue weighted by Crippen LogP contribution is 2.30. The number of amides is 2. The first kappa shape index (κ1) is 17.7. The lowest BCUT2D eigenvalue weighted by molar-refractivity contribution is -0.121. The fourth-order valence-electron chi connectivity index (χ4n) is 3.63. The molecule has 5 nitrogen and oxygen atoms in total. The van der Waals surface area contributed by atoms with Gasteiger partial charge in [0, 0.05) is 23.4 Å². The van der Waals surface area contributed by atoms with Crippen LogP contribution in [0, 0.1) is 5.92 Å². The van der Waals surface area contributed by atoms with Crippen molar-refractivity contribution in [3.8, 4) is 0 Å². The van der Waals surface area contributed by atoms with Gasteiger partial charge in [-0.3, -0.25) is 14.5 Å². The van der Waals surface area contributed by atoms with Gasteiger partial charge in [0.05, 0.1) is 12.7 Å². The highest BCUT2D eigenvalue weighted by Gasteiger charge is 2.31. The lowest BCUT2D eigenvalue weighted by Gasteiger charge is -2.28. The Balaban J connectivity index is 1.43. The molecule has 2 aliphatic rings. The first-order valence-electron chi connectivity index (χ1n) is 9.06. The van der Waals surface area contributed by atoms with Crippen LogP contribution < -0.4 is 5.32 Å². The minimum Gasteiger partial charge on any atom is -0.376 e. The van der Waals surface area contributed by atoms with E-state index >= 15 is 0 Å². The van der Waals surface area contributed by atoms with E-state index in [0.717, 1.165) is 12.0 Å². The summed E-state index contributed by atoms with van der Waals surface area (Å²) < 4.78 is 5.90. The van der Waals surface area contributed by atoms with Crippen LogP contribution in [0.2, 0.25) is 0 Å². The Hall–Kier alpha value is -2.14. The smallest absolute Gasteiger partial charge is 0.259 e. The van der Waals surface area contributed by atoms with Crippen LogP contribution in [0.25, 0.3) is 5.70 Å². The van der Waals surface area contributed by atoms with Crippen molar-refractivity contribution in [2.45, 2.75) is 38.7 Å². The van der Waals surface area contributed by atoms with Gasteiger partial charge in [0.25, 0.3) is 5.91 Å². The summed E-state index contributed by atoms with van der Waals surface area (Å²) >= 11 is 0. The monoisotopic (exact) mass is 342 g/mol. The highest BCUT2D eigenvalue weighted by molar-refractivity contribution is 6.10. The number of ether oxygens (including phenoxy) is 1. The Bertz CT molecular complexity index is 636. The molecule has 1 heterocycles. The third-order valence-corrected chi connectivity index (χ3v) is 5.13. The summed E-state index contributed by atoms with van der Waals surface area (Å²) in [4.78, 5) is 26.0. The second kappa shape index (κ2) is 7.83. The minimum atomic E-state index is -0.192. The Kier molecular flexibility index (Phi) is 5.53. The predicted molar refractivity (Wildman–Crippen MR) is 96.9 cm³/mol. The fourth-order valence-corrected chi connectivity index (χ4v) is 3.63. The molecule has 1 fully saturated rings. The Labute approximate surface area is 149 Å². The number of fused-ring (bicyclic) bond motifs is 1. The number of rotatable bonds is 6. The molecule has 0 spiro atoms. The maximum atomic E-state index is 12.4. The molecule has 134 valence electrons. The zero-order valence-corrected chi connectivity index (χ0v) is 14.8. The van der Waals surface area contributed by atoms with Gasteiger partial charge in [0.2, 0.25) is 5.91 Å². The molecule has 2 amide bonds. The van der Waals surface area contributed by atoms with Gasteiger partial charge >= 0.3 is 0 Å². The van der Waals surface area contributed by atoms with Crippen molar-refractivity contribution in [1.82, 2.24) is 10.2 Å². The van der Waals surface area contributed by atoms with Crippen molar-refractivity contribution < 1.29 is 14.3 Å². The average molecular weight is 342 g/mol. The third kappa shape index (κ3) is 3.93. The molecule has 1 aliphatic heterocycles. The van der Waals surface area contributed by atoms with Gasteiger partial charge in [-0.1, -0.05) is 44.5 Å². The molecule has 3 rings (SSSR count). The molecule has 2 atom stereocenters. The Morgan fingerprint density at radius 2 is 2.00 bits per heavy atom. The molecular formula is C20H26N2O3. The van der Waals surface area contributed by atoms with Crippen molar-refractivity contribution >= 4 is 17.5 Å². The van der Waals surface area contributed by atoms with E-state index in [9.17, 15) is 9.59 Å². The maximum absolute atomic E-state index is 12.4. The highest BCUT2D eigenvalue weighted by atomic mass is 16.5. The molecule has 0 unspecified atom stereocenters. The molecule has 1 saturated carbocycles. The van der Waals surface area contributed by atoms with E-state index in [2.05, 4.69) is 18.8 Å². The topological polar surface area (TPSA) is 58.6 Å². The third-order valence-electron chi connectivity index (χ3n) is 5.13. The van der Waals surface area contributed by atoms with Crippen LogP contribution in [0.3, 0.4) is 0 Å². The Morgan fingerprint density at radius 3 is 2.72 bits per heavy atom. The molecule has 0 radical (unpaired) electrons. The summed E-state index contributed by atoms with van der Waals surface area (Å²) in [5.41, 5.74) is 1.99. The van der Waals surface area contributed by atoms with E-state index in [-0.39, 0.29) is 18.4 Å². The lowest BCUT2D eigenvalue weighted by Crippen LogP contribution is -2.38. The molecule has 1 aliphatic carbocycles. The summed E-state index contributed by atoms with van der Waals surface area (Å²) in [6.07, 6.45) is 5.14. The molecule has 5 heteroatoms. The first-order valence-corrected chi connectivity index (χ1v) is 9.06. The predicted octanol–water partition coefficient (Wildman–Crippen LogP) is 2.82. The van der Waals surface area contributed by atoms with E-state index in [1.54, 1.807) is 6.07 Å². The van der Waals surface area contributed by atoms with Crippen LogP contribution in [0.15, 0.2) is 30.8 Å². The van der Waals surface area contributed by atoms with E-state index in [0.29, 0.717) is 36.4 Å². The van der Waals surface area contributed by atoms with Crippen LogP contribution >= 0.6 is 0 Å². The van der Waals surface area contributed by atoms with Crippen molar-refractivity contribution in [2.75, 3.05) is 19.7 Å². The molecule has 1 aromatic carbocycles. The van der Waals surface area contributed by atoms with Crippen LogP contribution in [-0.2, 0) is 9.53 Å². The second-order valence-corrected chi connectivity index (χ2v) is 6.90. The summed E-state index contributed by atoms with van der Waals surface area (Å²) in [7, 11) is 0. The number of nitrogens with one attached hydrogen (secondary N) is 1. The molecule has 1 aromatic rings. The van der Waals surface area contributed by atoms with Crippen molar-refractivity contribution in [2.24, 2.45) is 5.92 Å². The number of hydrogen-bond acceptors (Lipinski definition) is 3. The SMILES string of the molecule is C=C1c2ccccc2C(=O)N1CC(=O)NCCO[C@@H]1CCCC[C@@H]1C. The molecule has 0 saturated heterocycles. The number of carbonyl (C=O) groups excluding carboxylic acids is 2. The van der Waals surface area contributed by atoms with Crippen molar-refractivity contribution in [1.29, 1.82) is 0 Å². The summed E-state index contributed by atoms with van der Waals surface area (Å²) in [5, 5.41) is 2.83. The first-order chi connectivity index (χ1) is 12.1. The van der Waals surface area contributed by atoms with Gasteiger partial charge in [-0.2, -0.15) is 0 Å². The van der Waals surface area contributed by atoms with Crippen molar-refractivity contribution in [3.05, 3.63) is 42.0 Å². The number of benzene rings is 1. The largest absolute Gasteiger partial charge is 0.376 e. The van der Waals surface area contributed by atoms with Crippen LogP contribution in [-0.4, -0.2) is 42.5 Å². The standard InChI is InChI=1S/C20H26N2O3/c1-14-7-3-6-10-18(14)25-12-11-21-19(23)13-22-15(2)16-8-4-5-9-17(16)20(22)24/h4-5,8-9,14,18H,2-3,6-7,10-13H2,1H3,(H,21,23)/t14-,18+/m0/s1. The number of carbonyl (C=O) groups is 2. The van der Waals surface area contributed by atoms with E-state index in [1.807, 2.05) is 18.2 Å². The zero-order chi connectivity index (χ0) is 17.8. The molecular weight excluding hydrogens is 316 g/mol.